The summed E-state index contributed by atoms with van der Waals surface area (Å²) in [6.07, 6.45) is 7.30. The summed E-state index contributed by atoms with van der Waals surface area (Å²) in [5.74, 6) is 1.63. The third-order valence-corrected chi connectivity index (χ3v) is 4.82. The maximum absolute atomic E-state index is 11.6. The molecule has 0 saturated heterocycles. The van der Waals surface area contributed by atoms with E-state index in [1.54, 1.807) is 0 Å². The molecule has 0 spiro atoms. The normalized spacial score (nSPS) is 22.0. The molecule has 3 rings (SSSR count). The number of aromatic nitrogens is 3. The number of hydrogen-bond acceptors (Lipinski definition) is 4. The lowest BCUT2D eigenvalue weighted by atomic mass is 9.79. The Morgan fingerprint density at radius 1 is 1.27 bits per heavy atom. The van der Waals surface area contributed by atoms with Gasteiger partial charge in [0.05, 0.1) is 13.0 Å². The minimum atomic E-state index is -0.0455. The molecule has 0 atom stereocenters. The summed E-state index contributed by atoms with van der Waals surface area (Å²) in [4.78, 5) is 11.6. The van der Waals surface area contributed by atoms with Gasteiger partial charge in [0.25, 0.3) is 0 Å². The van der Waals surface area contributed by atoms with Crippen LogP contribution in [-0.4, -0.2) is 27.7 Å². The standard InChI is InChI=1S/C17H23N3O2/c1-11-8-14(10-20-12(2)18-19-16(11)20)9-13-4-6-15(7-5-13)17(21)22-3/h8,10,13,15H,4-7,9H2,1-3H3. The molecule has 1 aliphatic carbocycles. The van der Waals surface area contributed by atoms with Crippen LogP contribution in [0.5, 0.6) is 0 Å². The summed E-state index contributed by atoms with van der Waals surface area (Å²) in [6.45, 7) is 4.06. The van der Waals surface area contributed by atoms with Crippen molar-refractivity contribution in [1.82, 2.24) is 14.6 Å². The van der Waals surface area contributed by atoms with Crippen LogP contribution in [0.15, 0.2) is 12.3 Å². The zero-order chi connectivity index (χ0) is 15.7. The lowest BCUT2D eigenvalue weighted by Crippen LogP contribution is -2.23. The third-order valence-electron chi connectivity index (χ3n) is 4.82. The van der Waals surface area contributed by atoms with Crippen molar-refractivity contribution in [2.75, 3.05) is 7.11 Å². The zero-order valence-electron chi connectivity index (χ0n) is 13.5. The molecule has 5 heteroatoms. The molecule has 1 aliphatic rings. The fraction of sp³-hybridized carbons (Fsp3) is 0.588. The number of methoxy groups -OCH3 is 1. The van der Waals surface area contributed by atoms with E-state index >= 15 is 0 Å². The molecule has 0 unspecified atom stereocenters. The Hall–Kier alpha value is -1.91. The minimum Gasteiger partial charge on any atom is -0.469 e. The number of nitrogens with zero attached hydrogens (tertiary/aromatic N) is 3. The Labute approximate surface area is 130 Å². The molecular weight excluding hydrogens is 278 g/mol. The van der Waals surface area contributed by atoms with E-state index in [2.05, 4.69) is 33.8 Å². The van der Waals surface area contributed by atoms with Crippen molar-refractivity contribution in [3.05, 3.63) is 29.2 Å². The van der Waals surface area contributed by atoms with Crippen LogP contribution in [0.4, 0.5) is 0 Å². The molecule has 22 heavy (non-hydrogen) atoms. The first kappa shape index (κ1) is 15.0. The summed E-state index contributed by atoms with van der Waals surface area (Å²) < 4.78 is 6.93. The number of ether oxygens (including phenoxy) is 1. The summed E-state index contributed by atoms with van der Waals surface area (Å²) >= 11 is 0. The highest BCUT2D eigenvalue weighted by Gasteiger charge is 2.27. The molecule has 0 bridgehead atoms. The number of esters is 1. The maximum Gasteiger partial charge on any atom is 0.308 e. The zero-order valence-corrected chi connectivity index (χ0v) is 13.5. The summed E-state index contributed by atoms with van der Waals surface area (Å²) in [5, 5.41) is 8.35. The van der Waals surface area contributed by atoms with Crippen LogP contribution < -0.4 is 0 Å². The van der Waals surface area contributed by atoms with Gasteiger partial charge in [-0.15, -0.1) is 10.2 Å². The monoisotopic (exact) mass is 301 g/mol. The van der Waals surface area contributed by atoms with Gasteiger partial charge in [0.2, 0.25) is 0 Å². The van der Waals surface area contributed by atoms with Crippen LogP contribution in [0, 0.1) is 25.7 Å². The van der Waals surface area contributed by atoms with Gasteiger partial charge in [-0.2, -0.15) is 0 Å². The fourth-order valence-corrected chi connectivity index (χ4v) is 3.55. The van der Waals surface area contributed by atoms with Crippen LogP contribution in [0.25, 0.3) is 5.65 Å². The molecule has 1 saturated carbocycles. The van der Waals surface area contributed by atoms with Gasteiger partial charge in [-0.3, -0.25) is 9.20 Å². The number of rotatable bonds is 3. The maximum atomic E-state index is 11.6. The number of hydrogen-bond donors (Lipinski definition) is 0. The predicted molar refractivity (Wildman–Crippen MR) is 83.6 cm³/mol. The van der Waals surface area contributed by atoms with E-state index in [0.717, 1.165) is 43.6 Å². The summed E-state index contributed by atoms with van der Waals surface area (Å²) in [6, 6.07) is 2.22. The van der Waals surface area contributed by atoms with Crippen molar-refractivity contribution < 1.29 is 9.53 Å². The van der Waals surface area contributed by atoms with E-state index in [9.17, 15) is 4.79 Å². The van der Waals surface area contributed by atoms with E-state index in [1.807, 2.05) is 6.92 Å². The summed E-state index contributed by atoms with van der Waals surface area (Å²) in [5.41, 5.74) is 3.44. The first-order chi connectivity index (χ1) is 10.6. The molecule has 2 heterocycles. The van der Waals surface area contributed by atoms with Gasteiger partial charge >= 0.3 is 5.97 Å². The second-order valence-electron chi connectivity index (χ2n) is 6.42. The number of aryl methyl sites for hydroxylation is 2. The molecule has 2 aromatic rings. The molecule has 0 amide bonds. The quantitative estimate of drug-likeness (QED) is 0.818. The smallest absolute Gasteiger partial charge is 0.308 e. The lowest BCUT2D eigenvalue weighted by molar-refractivity contribution is -0.146. The molecule has 0 aromatic carbocycles. The average Bonchev–Trinajstić information content (AvgIpc) is 2.89. The fourth-order valence-electron chi connectivity index (χ4n) is 3.55. The Bertz CT molecular complexity index is 685. The highest BCUT2D eigenvalue weighted by Crippen LogP contribution is 2.32. The molecule has 0 N–H and O–H groups in total. The molecule has 0 aliphatic heterocycles. The van der Waals surface area contributed by atoms with Crippen molar-refractivity contribution in [2.24, 2.45) is 11.8 Å². The lowest BCUT2D eigenvalue weighted by Gasteiger charge is -2.27. The van der Waals surface area contributed by atoms with Crippen LogP contribution in [0.1, 0.15) is 42.6 Å². The van der Waals surface area contributed by atoms with Gasteiger partial charge in [0, 0.05) is 6.20 Å². The van der Waals surface area contributed by atoms with E-state index < -0.39 is 0 Å². The van der Waals surface area contributed by atoms with Gasteiger partial charge in [0.1, 0.15) is 5.82 Å². The van der Waals surface area contributed by atoms with Gasteiger partial charge < -0.3 is 4.74 Å². The number of carbonyl (C=O) groups excluding carboxylic acids is 1. The highest BCUT2D eigenvalue weighted by atomic mass is 16.5. The topological polar surface area (TPSA) is 56.5 Å². The van der Waals surface area contributed by atoms with Crippen LogP contribution in [0.2, 0.25) is 0 Å². The highest BCUT2D eigenvalue weighted by molar-refractivity contribution is 5.72. The molecule has 5 nitrogen and oxygen atoms in total. The van der Waals surface area contributed by atoms with Gasteiger partial charge in [0.15, 0.2) is 5.65 Å². The van der Waals surface area contributed by atoms with Crippen molar-refractivity contribution in [1.29, 1.82) is 0 Å². The van der Waals surface area contributed by atoms with Crippen LogP contribution in [0.3, 0.4) is 0 Å². The predicted octanol–water partition coefficient (Wildman–Crippen LogP) is 2.87. The van der Waals surface area contributed by atoms with Gasteiger partial charge in [-0.25, -0.2) is 0 Å². The first-order valence-electron chi connectivity index (χ1n) is 7.97. The van der Waals surface area contributed by atoms with E-state index in [1.165, 1.54) is 18.2 Å². The Balaban J connectivity index is 1.69. The van der Waals surface area contributed by atoms with Gasteiger partial charge in [-0.1, -0.05) is 6.07 Å². The van der Waals surface area contributed by atoms with Crippen molar-refractivity contribution >= 4 is 11.6 Å². The second kappa shape index (κ2) is 6.07. The van der Waals surface area contributed by atoms with E-state index in [-0.39, 0.29) is 11.9 Å². The first-order valence-corrected chi connectivity index (χ1v) is 7.97. The Morgan fingerprint density at radius 3 is 2.68 bits per heavy atom. The third kappa shape index (κ3) is 2.85. The van der Waals surface area contributed by atoms with Crippen molar-refractivity contribution in [2.45, 2.75) is 46.0 Å². The Morgan fingerprint density at radius 2 is 2.00 bits per heavy atom. The van der Waals surface area contributed by atoms with E-state index in [0.29, 0.717) is 5.92 Å². The summed E-state index contributed by atoms with van der Waals surface area (Å²) in [7, 11) is 1.48. The molecule has 118 valence electrons. The molecule has 1 fully saturated rings. The number of carbonyl (C=O) groups is 1. The Kier molecular flexibility index (Phi) is 4.14. The molecule has 0 radical (unpaired) electrons. The molecular formula is C17H23N3O2. The van der Waals surface area contributed by atoms with Crippen molar-refractivity contribution in [3.63, 3.8) is 0 Å². The molecule has 2 aromatic heterocycles. The van der Waals surface area contributed by atoms with Crippen LogP contribution in [-0.2, 0) is 16.0 Å². The van der Waals surface area contributed by atoms with Crippen molar-refractivity contribution in [3.8, 4) is 0 Å². The van der Waals surface area contributed by atoms with Gasteiger partial charge in [-0.05, 0) is 63.0 Å². The number of pyridine rings is 1. The largest absolute Gasteiger partial charge is 0.469 e. The SMILES string of the molecule is COC(=O)C1CCC(Cc2cc(C)c3nnc(C)n3c2)CC1. The van der Waals surface area contributed by atoms with E-state index in [4.69, 9.17) is 4.74 Å². The van der Waals surface area contributed by atoms with Crippen LogP contribution >= 0.6 is 0 Å². The minimum absolute atomic E-state index is 0.0455. The average molecular weight is 301 g/mol. The number of fused-ring (bicyclic) bond motifs is 1. The second-order valence-corrected chi connectivity index (χ2v) is 6.42.